The van der Waals surface area contributed by atoms with E-state index in [4.69, 9.17) is 5.26 Å². The number of thiophene rings is 1. The summed E-state index contributed by atoms with van der Waals surface area (Å²) in [5.41, 5.74) is 2.10. The molecule has 0 saturated heterocycles. The van der Waals surface area contributed by atoms with Gasteiger partial charge in [0, 0.05) is 10.9 Å². The molecule has 0 spiro atoms. The predicted molar refractivity (Wildman–Crippen MR) is 70.4 cm³/mol. The summed E-state index contributed by atoms with van der Waals surface area (Å²) in [5.74, 6) is 0. The van der Waals surface area contributed by atoms with Crippen molar-refractivity contribution in [3.05, 3.63) is 51.9 Å². The van der Waals surface area contributed by atoms with E-state index in [0.717, 1.165) is 11.1 Å². The fourth-order valence-corrected chi connectivity index (χ4v) is 2.77. The van der Waals surface area contributed by atoms with E-state index in [2.05, 4.69) is 16.0 Å². The van der Waals surface area contributed by atoms with E-state index in [1.807, 2.05) is 17.5 Å². The van der Waals surface area contributed by atoms with Crippen LogP contribution in [0.15, 0.2) is 40.8 Å². The molecule has 1 aromatic carbocycles. The second-order valence-corrected chi connectivity index (χ2v) is 4.61. The summed E-state index contributed by atoms with van der Waals surface area (Å²) < 4.78 is 0. The van der Waals surface area contributed by atoms with Crippen LogP contribution in [0.1, 0.15) is 5.56 Å². The Morgan fingerprint density at radius 2 is 2.28 bits per heavy atom. The van der Waals surface area contributed by atoms with Crippen molar-refractivity contribution in [2.45, 2.75) is 0 Å². The fraction of sp³-hybridized carbons (Fsp3) is 0. The molecule has 0 radical (unpaired) electrons. The largest absolute Gasteiger partial charge is 0.313 e. The standard InChI is InChI=1S/C13H7N3OS/c14-5-8-2-1-3-9(4-8)10-6-18-13-11(10)12(17)15-7-16-13/h1-4,6-7H,(H,15,16,17). The number of aromatic nitrogens is 2. The third-order valence-electron chi connectivity index (χ3n) is 2.68. The van der Waals surface area contributed by atoms with Crippen LogP contribution in [0.25, 0.3) is 21.3 Å². The molecule has 1 N–H and O–H groups in total. The molecule has 5 heteroatoms. The minimum atomic E-state index is -0.154. The Hall–Kier alpha value is -2.45. The van der Waals surface area contributed by atoms with Crippen LogP contribution < -0.4 is 5.56 Å². The average molecular weight is 253 g/mol. The van der Waals surface area contributed by atoms with Crippen molar-refractivity contribution in [2.24, 2.45) is 0 Å². The van der Waals surface area contributed by atoms with Crippen LogP contribution >= 0.6 is 11.3 Å². The fourth-order valence-electron chi connectivity index (χ4n) is 1.85. The van der Waals surface area contributed by atoms with Crippen molar-refractivity contribution >= 4 is 21.6 Å². The number of hydrogen-bond donors (Lipinski definition) is 1. The molecule has 0 bridgehead atoms. The van der Waals surface area contributed by atoms with E-state index in [1.54, 1.807) is 12.1 Å². The van der Waals surface area contributed by atoms with Gasteiger partial charge in [0.15, 0.2) is 0 Å². The van der Waals surface area contributed by atoms with Crippen LogP contribution in [-0.2, 0) is 0 Å². The van der Waals surface area contributed by atoms with Crippen molar-refractivity contribution in [3.8, 4) is 17.2 Å². The highest BCUT2D eigenvalue weighted by Crippen LogP contribution is 2.30. The number of nitrogens with one attached hydrogen (secondary N) is 1. The van der Waals surface area contributed by atoms with Gasteiger partial charge in [-0.05, 0) is 17.7 Å². The zero-order chi connectivity index (χ0) is 12.5. The van der Waals surface area contributed by atoms with E-state index in [0.29, 0.717) is 15.8 Å². The van der Waals surface area contributed by atoms with Crippen LogP contribution in [0.2, 0.25) is 0 Å². The Balaban J connectivity index is 2.32. The van der Waals surface area contributed by atoms with Gasteiger partial charge in [0.2, 0.25) is 0 Å². The molecular weight excluding hydrogens is 246 g/mol. The summed E-state index contributed by atoms with van der Waals surface area (Å²) in [4.78, 5) is 19.2. The Bertz CT molecular complexity index is 826. The lowest BCUT2D eigenvalue weighted by Crippen LogP contribution is -2.05. The van der Waals surface area contributed by atoms with Crippen LogP contribution in [0.3, 0.4) is 0 Å². The molecule has 3 rings (SSSR count). The van der Waals surface area contributed by atoms with E-state index in [9.17, 15) is 4.79 Å². The van der Waals surface area contributed by atoms with Gasteiger partial charge >= 0.3 is 0 Å². The number of rotatable bonds is 1. The number of H-pyrrole nitrogens is 1. The Morgan fingerprint density at radius 3 is 3.11 bits per heavy atom. The SMILES string of the molecule is N#Cc1cccc(-c2csc3nc[nH]c(=O)c23)c1. The van der Waals surface area contributed by atoms with Crippen LogP contribution in [-0.4, -0.2) is 9.97 Å². The molecule has 86 valence electrons. The van der Waals surface area contributed by atoms with E-state index < -0.39 is 0 Å². The van der Waals surface area contributed by atoms with Crippen LogP contribution in [0, 0.1) is 11.3 Å². The molecule has 2 heterocycles. The topological polar surface area (TPSA) is 69.5 Å². The normalized spacial score (nSPS) is 10.4. The lowest BCUT2D eigenvalue weighted by molar-refractivity contribution is 1.18. The zero-order valence-electron chi connectivity index (χ0n) is 9.18. The van der Waals surface area contributed by atoms with Gasteiger partial charge in [0.05, 0.1) is 23.3 Å². The van der Waals surface area contributed by atoms with Gasteiger partial charge in [-0.15, -0.1) is 11.3 Å². The highest BCUT2D eigenvalue weighted by Gasteiger charge is 2.10. The van der Waals surface area contributed by atoms with Crippen LogP contribution in [0.4, 0.5) is 0 Å². The van der Waals surface area contributed by atoms with Crippen molar-refractivity contribution in [2.75, 3.05) is 0 Å². The molecule has 4 nitrogen and oxygen atoms in total. The van der Waals surface area contributed by atoms with Crippen molar-refractivity contribution < 1.29 is 0 Å². The van der Waals surface area contributed by atoms with Gasteiger partial charge in [-0.25, -0.2) is 4.98 Å². The maximum atomic E-state index is 11.8. The van der Waals surface area contributed by atoms with E-state index in [-0.39, 0.29) is 5.56 Å². The summed E-state index contributed by atoms with van der Waals surface area (Å²) >= 11 is 1.42. The lowest BCUT2D eigenvalue weighted by atomic mass is 10.0. The van der Waals surface area contributed by atoms with Gasteiger partial charge in [0.25, 0.3) is 5.56 Å². The van der Waals surface area contributed by atoms with Crippen molar-refractivity contribution in [1.82, 2.24) is 9.97 Å². The number of benzene rings is 1. The third kappa shape index (κ3) is 1.60. The number of aromatic amines is 1. The number of fused-ring (bicyclic) bond motifs is 1. The molecule has 0 saturated carbocycles. The summed E-state index contributed by atoms with van der Waals surface area (Å²) in [7, 11) is 0. The number of nitrogens with zero attached hydrogens (tertiary/aromatic N) is 2. The molecule has 0 fully saturated rings. The second kappa shape index (κ2) is 4.09. The maximum Gasteiger partial charge on any atom is 0.260 e. The molecule has 0 unspecified atom stereocenters. The predicted octanol–water partition coefficient (Wildman–Crippen LogP) is 2.52. The third-order valence-corrected chi connectivity index (χ3v) is 3.57. The van der Waals surface area contributed by atoms with Gasteiger partial charge in [-0.3, -0.25) is 4.79 Å². The van der Waals surface area contributed by atoms with Gasteiger partial charge in [-0.2, -0.15) is 5.26 Å². The van der Waals surface area contributed by atoms with Gasteiger partial charge in [-0.1, -0.05) is 12.1 Å². The molecule has 0 atom stereocenters. The van der Waals surface area contributed by atoms with Crippen LogP contribution in [0.5, 0.6) is 0 Å². The minimum Gasteiger partial charge on any atom is -0.313 e. The first kappa shape index (κ1) is 10.7. The Kier molecular flexibility index (Phi) is 2.43. The highest BCUT2D eigenvalue weighted by atomic mass is 32.1. The smallest absolute Gasteiger partial charge is 0.260 e. The first-order valence-electron chi connectivity index (χ1n) is 5.25. The molecule has 3 aromatic rings. The van der Waals surface area contributed by atoms with E-state index >= 15 is 0 Å². The molecule has 0 aliphatic rings. The lowest BCUT2D eigenvalue weighted by Gasteiger charge is -1.99. The van der Waals surface area contributed by atoms with E-state index in [1.165, 1.54) is 17.7 Å². The zero-order valence-corrected chi connectivity index (χ0v) is 9.99. The molecule has 0 aliphatic carbocycles. The Morgan fingerprint density at radius 1 is 1.39 bits per heavy atom. The summed E-state index contributed by atoms with van der Waals surface area (Å²) in [6.07, 6.45) is 1.40. The van der Waals surface area contributed by atoms with Gasteiger partial charge in [0.1, 0.15) is 4.83 Å². The Labute approximate surface area is 106 Å². The summed E-state index contributed by atoms with van der Waals surface area (Å²) in [5, 5.41) is 11.4. The summed E-state index contributed by atoms with van der Waals surface area (Å²) in [6.45, 7) is 0. The van der Waals surface area contributed by atoms with Crippen molar-refractivity contribution in [3.63, 3.8) is 0 Å². The first-order chi connectivity index (χ1) is 8.79. The molecule has 0 aliphatic heterocycles. The van der Waals surface area contributed by atoms with Crippen molar-refractivity contribution in [1.29, 1.82) is 5.26 Å². The number of hydrogen-bond acceptors (Lipinski definition) is 4. The number of nitriles is 1. The minimum absolute atomic E-state index is 0.154. The highest BCUT2D eigenvalue weighted by molar-refractivity contribution is 7.17. The molecular formula is C13H7N3OS. The maximum absolute atomic E-state index is 11.8. The summed E-state index contributed by atoms with van der Waals surface area (Å²) in [6, 6.07) is 9.29. The van der Waals surface area contributed by atoms with Gasteiger partial charge < -0.3 is 4.98 Å². The first-order valence-corrected chi connectivity index (χ1v) is 6.13. The molecule has 2 aromatic heterocycles. The quantitative estimate of drug-likeness (QED) is 0.724. The second-order valence-electron chi connectivity index (χ2n) is 3.75. The average Bonchev–Trinajstić information content (AvgIpc) is 2.84. The molecule has 0 amide bonds. The molecule has 18 heavy (non-hydrogen) atoms. The monoisotopic (exact) mass is 253 g/mol.